The number of amides is 4. The number of benzene rings is 1. The molecule has 1 aromatic rings. The fourth-order valence-corrected chi connectivity index (χ4v) is 4.67. The van der Waals surface area contributed by atoms with Gasteiger partial charge in [0.2, 0.25) is 5.91 Å². The van der Waals surface area contributed by atoms with Crippen LogP contribution in [0.4, 0.5) is 4.79 Å². The maximum absolute atomic E-state index is 13.4. The topological polar surface area (TPSA) is 69.7 Å². The van der Waals surface area contributed by atoms with Crippen LogP contribution in [0.5, 0.6) is 0 Å². The van der Waals surface area contributed by atoms with Gasteiger partial charge in [-0.2, -0.15) is 0 Å². The van der Waals surface area contributed by atoms with Crippen LogP contribution in [0.25, 0.3) is 0 Å². The Morgan fingerprint density at radius 2 is 1.74 bits per heavy atom. The van der Waals surface area contributed by atoms with Gasteiger partial charge < -0.3 is 10.2 Å². The molecule has 6 nitrogen and oxygen atoms in total. The summed E-state index contributed by atoms with van der Waals surface area (Å²) in [4.78, 5) is 41.7. The first-order chi connectivity index (χ1) is 13.1. The lowest BCUT2D eigenvalue weighted by molar-refractivity contribution is -0.139. The molecule has 0 bridgehead atoms. The first-order valence-electron chi connectivity index (χ1n) is 10.1. The summed E-state index contributed by atoms with van der Waals surface area (Å²) in [5, 5.41) is 2.95. The summed E-state index contributed by atoms with van der Waals surface area (Å²) >= 11 is 0. The van der Waals surface area contributed by atoms with Crippen molar-refractivity contribution in [2.24, 2.45) is 0 Å². The van der Waals surface area contributed by atoms with Gasteiger partial charge in [0.1, 0.15) is 12.1 Å². The summed E-state index contributed by atoms with van der Waals surface area (Å²) in [5.41, 5.74) is 0.999. The first-order valence-corrected chi connectivity index (χ1v) is 10.1. The molecule has 0 saturated carbocycles. The zero-order chi connectivity index (χ0) is 18.9. The molecule has 0 unspecified atom stereocenters. The number of imide groups is 1. The third-order valence-corrected chi connectivity index (χ3v) is 6.15. The van der Waals surface area contributed by atoms with Gasteiger partial charge in [0.15, 0.2) is 0 Å². The van der Waals surface area contributed by atoms with Gasteiger partial charge in [-0.3, -0.25) is 14.5 Å². The minimum Gasteiger partial charge on any atom is -0.341 e. The number of fused-ring (bicyclic) bond motifs is 2. The van der Waals surface area contributed by atoms with Gasteiger partial charge in [0.25, 0.3) is 5.91 Å². The number of carbonyl (C=O) groups is 3. The highest BCUT2D eigenvalue weighted by atomic mass is 16.2. The molecule has 6 heteroatoms. The molecule has 2 heterocycles. The third-order valence-electron chi connectivity index (χ3n) is 6.15. The second kappa shape index (κ2) is 7.33. The lowest BCUT2D eigenvalue weighted by Gasteiger charge is -2.28. The Morgan fingerprint density at radius 1 is 1.00 bits per heavy atom. The lowest BCUT2D eigenvalue weighted by Crippen LogP contribution is -2.46. The average molecular weight is 369 g/mol. The van der Waals surface area contributed by atoms with E-state index in [0.717, 1.165) is 74.1 Å². The van der Waals surface area contributed by atoms with E-state index in [-0.39, 0.29) is 18.4 Å². The summed E-state index contributed by atoms with van der Waals surface area (Å²) in [6.07, 6.45) is 7.60. The summed E-state index contributed by atoms with van der Waals surface area (Å²) < 4.78 is 0. The standard InChI is InChI=1S/C21H27N3O3/c25-18(23-13-7-1-2-8-14-23)15-24-19(26)21(22-20(24)27)12-6-5-10-16-9-3-4-11-17(16)21/h3-4,9,11H,1-2,5-8,10,12-15H2,(H,22,27)/t21-/m0/s1. The maximum Gasteiger partial charge on any atom is 0.325 e. The Hall–Kier alpha value is -2.37. The van der Waals surface area contributed by atoms with Crippen LogP contribution in [0.3, 0.4) is 0 Å². The van der Waals surface area contributed by atoms with Gasteiger partial charge in [0.05, 0.1) is 0 Å². The summed E-state index contributed by atoms with van der Waals surface area (Å²) in [6, 6.07) is 7.42. The Balaban J connectivity index is 1.58. The van der Waals surface area contributed by atoms with Crippen LogP contribution in [-0.2, 0) is 21.5 Å². The lowest BCUT2D eigenvalue weighted by atomic mass is 9.84. The Kier molecular flexibility index (Phi) is 4.89. The number of nitrogens with one attached hydrogen (secondary N) is 1. The Bertz CT molecular complexity index is 755. The molecule has 2 fully saturated rings. The molecule has 3 aliphatic rings. The predicted octanol–water partition coefficient (Wildman–Crippen LogP) is 2.56. The van der Waals surface area contributed by atoms with E-state index in [9.17, 15) is 14.4 Å². The monoisotopic (exact) mass is 369 g/mol. The largest absolute Gasteiger partial charge is 0.341 e. The maximum atomic E-state index is 13.4. The van der Waals surface area contributed by atoms with Crippen molar-refractivity contribution in [3.05, 3.63) is 35.4 Å². The van der Waals surface area contributed by atoms with Crippen molar-refractivity contribution in [1.82, 2.24) is 15.1 Å². The molecule has 1 aliphatic carbocycles. The van der Waals surface area contributed by atoms with Gasteiger partial charge in [0, 0.05) is 13.1 Å². The van der Waals surface area contributed by atoms with Crippen molar-refractivity contribution in [3.8, 4) is 0 Å². The normalized spacial score (nSPS) is 25.8. The second-order valence-electron chi connectivity index (χ2n) is 7.89. The Morgan fingerprint density at radius 3 is 2.52 bits per heavy atom. The van der Waals surface area contributed by atoms with Gasteiger partial charge >= 0.3 is 6.03 Å². The molecule has 1 aromatic carbocycles. The fraction of sp³-hybridized carbons (Fsp3) is 0.571. The van der Waals surface area contributed by atoms with E-state index in [1.165, 1.54) is 0 Å². The minimum atomic E-state index is -1.01. The molecule has 4 rings (SSSR count). The summed E-state index contributed by atoms with van der Waals surface area (Å²) in [6.45, 7) is 1.28. The van der Waals surface area contributed by atoms with Crippen LogP contribution < -0.4 is 5.32 Å². The van der Waals surface area contributed by atoms with E-state index in [2.05, 4.69) is 5.32 Å². The Labute approximate surface area is 159 Å². The second-order valence-corrected chi connectivity index (χ2v) is 7.89. The number of aryl methyl sites for hydroxylation is 1. The van der Waals surface area contributed by atoms with E-state index in [1.807, 2.05) is 24.3 Å². The molecular formula is C21H27N3O3. The number of likely N-dealkylation sites (tertiary alicyclic amines) is 1. The number of hydrogen-bond donors (Lipinski definition) is 1. The molecule has 1 spiro atoms. The quantitative estimate of drug-likeness (QED) is 0.815. The van der Waals surface area contributed by atoms with E-state index in [1.54, 1.807) is 4.90 Å². The molecule has 1 atom stereocenters. The van der Waals surface area contributed by atoms with Crippen molar-refractivity contribution in [2.75, 3.05) is 19.6 Å². The molecule has 4 amide bonds. The average Bonchev–Trinajstić information content (AvgIpc) is 2.94. The van der Waals surface area contributed by atoms with Crippen LogP contribution in [0.15, 0.2) is 24.3 Å². The SMILES string of the molecule is O=C(CN1C(=O)N[C@]2(CCCCc3ccccc32)C1=O)N1CCCCCC1. The smallest absolute Gasteiger partial charge is 0.325 e. The number of urea groups is 1. The molecular weight excluding hydrogens is 342 g/mol. The van der Waals surface area contributed by atoms with Crippen LogP contribution >= 0.6 is 0 Å². The van der Waals surface area contributed by atoms with Gasteiger partial charge in [-0.1, -0.05) is 37.1 Å². The minimum absolute atomic E-state index is 0.126. The summed E-state index contributed by atoms with van der Waals surface area (Å²) in [7, 11) is 0. The number of carbonyl (C=O) groups excluding carboxylic acids is 3. The van der Waals surface area contributed by atoms with Crippen LogP contribution in [-0.4, -0.2) is 47.3 Å². The van der Waals surface area contributed by atoms with E-state index in [0.29, 0.717) is 6.42 Å². The number of hydrogen-bond acceptors (Lipinski definition) is 3. The predicted molar refractivity (Wildman–Crippen MR) is 101 cm³/mol. The van der Waals surface area contributed by atoms with Crippen molar-refractivity contribution < 1.29 is 14.4 Å². The van der Waals surface area contributed by atoms with E-state index in [4.69, 9.17) is 0 Å². The molecule has 27 heavy (non-hydrogen) atoms. The van der Waals surface area contributed by atoms with Crippen LogP contribution in [0, 0.1) is 0 Å². The van der Waals surface area contributed by atoms with Gasteiger partial charge in [-0.25, -0.2) is 4.79 Å². The van der Waals surface area contributed by atoms with Crippen LogP contribution in [0.2, 0.25) is 0 Å². The highest BCUT2D eigenvalue weighted by Crippen LogP contribution is 2.38. The zero-order valence-electron chi connectivity index (χ0n) is 15.7. The van der Waals surface area contributed by atoms with Crippen molar-refractivity contribution >= 4 is 17.8 Å². The molecule has 2 saturated heterocycles. The number of rotatable bonds is 2. The molecule has 2 aliphatic heterocycles. The molecule has 0 radical (unpaired) electrons. The highest BCUT2D eigenvalue weighted by Gasteiger charge is 2.53. The molecule has 0 aromatic heterocycles. The highest BCUT2D eigenvalue weighted by molar-refractivity contribution is 6.09. The van der Waals surface area contributed by atoms with Gasteiger partial charge in [-0.05, 0) is 49.7 Å². The first kappa shape index (κ1) is 18.0. The summed E-state index contributed by atoms with van der Waals surface area (Å²) in [5.74, 6) is -0.399. The molecule has 1 N–H and O–H groups in total. The van der Waals surface area contributed by atoms with Crippen molar-refractivity contribution in [1.29, 1.82) is 0 Å². The zero-order valence-corrected chi connectivity index (χ0v) is 15.7. The van der Waals surface area contributed by atoms with Crippen molar-refractivity contribution in [2.45, 2.75) is 56.9 Å². The number of nitrogens with zero attached hydrogens (tertiary/aromatic N) is 2. The van der Waals surface area contributed by atoms with Crippen LogP contribution in [0.1, 0.15) is 56.1 Å². The van der Waals surface area contributed by atoms with Crippen molar-refractivity contribution in [3.63, 3.8) is 0 Å². The van der Waals surface area contributed by atoms with E-state index >= 15 is 0 Å². The third kappa shape index (κ3) is 3.22. The molecule has 144 valence electrons. The van der Waals surface area contributed by atoms with Gasteiger partial charge in [-0.15, -0.1) is 0 Å². The van der Waals surface area contributed by atoms with E-state index < -0.39 is 11.6 Å². The fourth-order valence-electron chi connectivity index (χ4n) is 4.67.